The molecular weight excluding hydrogens is 200 g/mol. The molecule has 2 rings (SSSR count). The first kappa shape index (κ1) is 9.46. The molecule has 1 N–H and O–H groups in total. The Kier molecular flexibility index (Phi) is 2.42. The van der Waals surface area contributed by atoms with Gasteiger partial charge in [0.15, 0.2) is 0 Å². The van der Waals surface area contributed by atoms with Crippen LogP contribution >= 0.6 is 11.6 Å². The fourth-order valence-electron chi connectivity index (χ4n) is 1.36. The Morgan fingerprint density at radius 1 is 1.64 bits per heavy atom. The van der Waals surface area contributed by atoms with Gasteiger partial charge in [0.25, 0.3) is 0 Å². The molecule has 1 heterocycles. The number of carbonyl (C=O) groups is 1. The normalized spacial score (nSPS) is 24.4. The third-order valence-corrected chi connectivity index (χ3v) is 2.65. The third kappa shape index (κ3) is 2.04. The zero-order valence-corrected chi connectivity index (χ0v) is 8.58. The zero-order valence-electron chi connectivity index (χ0n) is 7.83. The summed E-state index contributed by atoms with van der Waals surface area (Å²) in [5.74, 6) is 1.32. The molecule has 0 saturated heterocycles. The van der Waals surface area contributed by atoms with Gasteiger partial charge in [-0.15, -0.1) is 0 Å². The highest BCUT2D eigenvalue weighted by Gasteiger charge is 2.39. The highest BCUT2D eigenvalue weighted by Crippen LogP contribution is 2.38. The second-order valence-electron chi connectivity index (χ2n) is 3.67. The number of nitrogens with one attached hydrogen (secondary N) is 1. The number of anilines is 1. The molecule has 74 valence electrons. The van der Waals surface area contributed by atoms with Crippen LogP contribution in [-0.2, 0) is 4.79 Å². The first-order valence-electron chi connectivity index (χ1n) is 4.59. The molecule has 1 aliphatic carbocycles. The molecule has 14 heavy (non-hydrogen) atoms. The lowest BCUT2D eigenvalue weighted by atomic mass is 10.3. The minimum absolute atomic E-state index is 0.0623. The molecule has 0 aliphatic heterocycles. The maximum atomic E-state index is 11.5. The summed E-state index contributed by atoms with van der Waals surface area (Å²) in [5.41, 5.74) is 0. The summed E-state index contributed by atoms with van der Waals surface area (Å²) >= 11 is 5.67. The lowest BCUT2D eigenvalue weighted by molar-refractivity contribution is -0.117. The molecule has 1 fully saturated rings. The minimum Gasteiger partial charge on any atom is -0.310 e. The van der Waals surface area contributed by atoms with Crippen molar-refractivity contribution in [3.8, 4) is 0 Å². The lowest BCUT2D eigenvalue weighted by Crippen LogP contribution is -2.15. The van der Waals surface area contributed by atoms with E-state index in [4.69, 9.17) is 11.6 Å². The third-order valence-electron chi connectivity index (χ3n) is 2.42. The van der Waals surface area contributed by atoms with Crippen LogP contribution in [0.1, 0.15) is 13.3 Å². The van der Waals surface area contributed by atoms with E-state index in [1.54, 1.807) is 12.1 Å². The minimum atomic E-state index is 0.0623. The van der Waals surface area contributed by atoms with Crippen LogP contribution < -0.4 is 5.32 Å². The zero-order chi connectivity index (χ0) is 10.1. The molecule has 4 heteroatoms. The second kappa shape index (κ2) is 3.58. The second-order valence-corrected chi connectivity index (χ2v) is 4.11. The smallest absolute Gasteiger partial charge is 0.228 e. The summed E-state index contributed by atoms with van der Waals surface area (Å²) < 4.78 is 0. The molecule has 1 saturated carbocycles. The van der Waals surface area contributed by atoms with Crippen LogP contribution in [0.25, 0.3) is 0 Å². The first-order valence-corrected chi connectivity index (χ1v) is 4.97. The molecule has 0 radical (unpaired) electrons. The van der Waals surface area contributed by atoms with E-state index in [0.29, 0.717) is 16.8 Å². The highest BCUT2D eigenvalue weighted by atomic mass is 35.5. The molecule has 1 aromatic rings. The quantitative estimate of drug-likeness (QED) is 0.814. The summed E-state index contributed by atoms with van der Waals surface area (Å²) in [6.45, 7) is 2.07. The summed E-state index contributed by atoms with van der Waals surface area (Å²) in [4.78, 5) is 15.5. The Morgan fingerprint density at radius 2 is 2.36 bits per heavy atom. The van der Waals surface area contributed by atoms with Gasteiger partial charge in [-0.05, 0) is 24.5 Å². The molecule has 2 atom stereocenters. The summed E-state index contributed by atoms with van der Waals surface area (Å²) in [7, 11) is 0. The average molecular weight is 211 g/mol. The number of aromatic nitrogens is 1. The summed E-state index contributed by atoms with van der Waals surface area (Å²) in [6.07, 6.45) is 2.51. The van der Waals surface area contributed by atoms with Crippen molar-refractivity contribution >= 4 is 23.3 Å². The van der Waals surface area contributed by atoms with Gasteiger partial charge >= 0.3 is 0 Å². The van der Waals surface area contributed by atoms with Crippen molar-refractivity contribution in [1.29, 1.82) is 0 Å². The SMILES string of the molecule is C[C@@H]1C[C@H]1C(=O)Nc1ccc(Cl)cn1. The predicted molar refractivity (Wildman–Crippen MR) is 55.1 cm³/mol. The van der Waals surface area contributed by atoms with E-state index in [1.165, 1.54) is 6.20 Å². The van der Waals surface area contributed by atoms with Crippen molar-refractivity contribution in [2.45, 2.75) is 13.3 Å². The topological polar surface area (TPSA) is 42.0 Å². The maximum absolute atomic E-state index is 11.5. The van der Waals surface area contributed by atoms with Crippen molar-refractivity contribution in [2.75, 3.05) is 5.32 Å². The van der Waals surface area contributed by atoms with E-state index in [2.05, 4.69) is 17.2 Å². The van der Waals surface area contributed by atoms with E-state index in [1.807, 2.05) is 0 Å². The highest BCUT2D eigenvalue weighted by molar-refractivity contribution is 6.30. The Morgan fingerprint density at radius 3 is 2.86 bits per heavy atom. The van der Waals surface area contributed by atoms with Gasteiger partial charge in [0.1, 0.15) is 5.82 Å². The molecule has 0 bridgehead atoms. The Bertz CT molecular complexity index is 350. The number of nitrogens with zero attached hydrogens (tertiary/aromatic N) is 1. The van der Waals surface area contributed by atoms with Gasteiger partial charge in [0, 0.05) is 12.1 Å². The molecule has 0 unspecified atom stereocenters. The van der Waals surface area contributed by atoms with Gasteiger partial charge in [0.2, 0.25) is 5.91 Å². The Hall–Kier alpha value is -1.09. The van der Waals surface area contributed by atoms with E-state index < -0.39 is 0 Å². The van der Waals surface area contributed by atoms with Crippen molar-refractivity contribution in [1.82, 2.24) is 4.98 Å². The number of halogens is 1. The van der Waals surface area contributed by atoms with Gasteiger partial charge in [0.05, 0.1) is 5.02 Å². The van der Waals surface area contributed by atoms with Crippen molar-refractivity contribution in [3.05, 3.63) is 23.4 Å². The van der Waals surface area contributed by atoms with E-state index >= 15 is 0 Å². The van der Waals surface area contributed by atoms with Gasteiger partial charge in [-0.2, -0.15) is 0 Å². The predicted octanol–water partition coefficient (Wildman–Crippen LogP) is 2.33. The monoisotopic (exact) mass is 210 g/mol. The van der Waals surface area contributed by atoms with E-state index in [-0.39, 0.29) is 11.8 Å². The van der Waals surface area contributed by atoms with Gasteiger partial charge < -0.3 is 5.32 Å². The molecule has 0 aromatic carbocycles. The Balaban J connectivity index is 1.97. The molecule has 3 nitrogen and oxygen atoms in total. The molecular formula is C10H11ClN2O. The summed E-state index contributed by atoms with van der Waals surface area (Å²) in [6, 6.07) is 3.41. The number of pyridine rings is 1. The van der Waals surface area contributed by atoms with E-state index in [0.717, 1.165) is 6.42 Å². The average Bonchev–Trinajstić information content (AvgIpc) is 2.87. The van der Waals surface area contributed by atoms with Crippen LogP contribution in [0.15, 0.2) is 18.3 Å². The number of rotatable bonds is 2. The molecule has 1 amide bonds. The van der Waals surface area contributed by atoms with Crippen LogP contribution in [0.5, 0.6) is 0 Å². The van der Waals surface area contributed by atoms with Crippen molar-refractivity contribution in [2.24, 2.45) is 11.8 Å². The maximum Gasteiger partial charge on any atom is 0.228 e. The largest absolute Gasteiger partial charge is 0.310 e. The van der Waals surface area contributed by atoms with E-state index in [9.17, 15) is 4.79 Å². The fraction of sp³-hybridized carbons (Fsp3) is 0.400. The standard InChI is InChI=1S/C10H11ClN2O/c1-6-4-8(6)10(14)13-9-3-2-7(11)5-12-9/h2-3,5-6,8H,4H2,1H3,(H,12,13,14)/t6-,8-/m1/s1. The van der Waals surface area contributed by atoms with Crippen molar-refractivity contribution < 1.29 is 4.79 Å². The van der Waals surface area contributed by atoms with Crippen LogP contribution in [0.2, 0.25) is 5.02 Å². The van der Waals surface area contributed by atoms with Crippen LogP contribution in [0, 0.1) is 11.8 Å². The van der Waals surface area contributed by atoms with Gasteiger partial charge in [-0.3, -0.25) is 4.79 Å². The molecule has 1 aromatic heterocycles. The molecule has 1 aliphatic rings. The number of carbonyl (C=O) groups excluding carboxylic acids is 1. The number of amides is 1. The van der Waals surface area contributed by atoms with Gasteiger partial charge in [-0.25, -0.2) is 4.98 Å². The Labute approximate surface area is 87.5 Å². The van der Waals surface area contributed by atoms with Crippen LogP contribution in [0.3, 0.4) is 0 Å². The van der Waals surface area contributed by atoms with Crippen LogP contribution in [0.4, 0.5) is 5.82 Å². The fourth-order valence-corrected chi connectivity index (χ4v) is 1.47. The molecule has 0 spiro atoms. The van der Waals surface area contributed by atoms with Gasteiger partial charge in [-0.1, -0.05) is 18.5 Å². The number of hydrogen-bond acceptors (Lipinski definition) is 2. The number of hydrogen-bond donors (Lipinski definition) is 1. The van der Waals surface area contributed by atoms with Crippen LogP contribution in [-0.4, -0.2) is 10.9 Å². The first-order chi connectivity index (χ1) is 6.66. The lowest BCUT2D eigenvalue weighted by Gasteiger charge is -2.02. The van der Waals surface area contributed by atoms with Crippen molar-refractivity contribution in [3.63, 3.8) is 0 Å². The summed E-state index contributed by atoms with van der Waals surface area (Å²) in [5, 5.41) is 3.32.